The van der Waals surface area contributed by atoms with Gasteiger partial charge in [-0.1, -0.05) is 84.5 Å². The molecule has 0 amide bonds. The second-order valence-electron chi connectivity index (χ2n) is 8.33. The Bertz CT molecular complexity index is 607. The molecule has 7 heteroatoms. The largest absolute Gasteiger partial charge is 1.00 e. The van der Waals surface area contributed by atoms with Gasteiger partial charge in [0.15, 0.2) is 0 Å². The van der Waals surface area contributed by atoms with E-state index < -0.39 is 10.2 Å². The molecule has 0 atom stereocenters. The number of nitrogens with zero attached hydrogens (tertiary/aromatic N) is 3. The zero-order valence-corrected chi connectivity index (χ0v) is 20.7. The summed E-state index contributed by atoms with van der Waals surface area (Å²) < 4.78 is 28.7. The first kappa shape index (κ1) is 28.4. The van der Waals surface area contributed by atoms with Crippen molar-refractivity contribution in [2.24, 2.45) is 5.92 Å². The van der Waals surface area contributed by atoms with E-state index in [2.05, 4.69) is 13.8 Å². The van der Waals surface area contributed by atoms with Crippen molar-refractivity contribution in [3.63, 3.8) is 0 Å². The highest BCUT2D eigenvalue weighted by atomic mass is 35.5. The molecule has 0 fully saturated rings. The van der Waals surface area contributed by atoms with Gasteiger partial charge in [0.2, 0.25) is 0 Å². The summed E-state index contributed by atoms with van der Waals surface area (Å²) in [5, 5.41) is 0. The lowest BCUT2D eigenvalue weighted by atomic mass is 9.90. The molecule has 1 heterocycles. The van der Waals surface area contributed by atoms with Gasteiger partial charge >= 0.3 is 10.2 Å². The monoisotopic (exact) mass is 449 g/mol. The van der Waals surface area contributed by atoms with Crippen LogP contribution in [0.4, 0.5) is 0 Å². The average molecular weight is 450 g/mol. The molecule has 1 aromatic rings. The maximum atomic E-state index is 12.1. The van der Waals surface area contributed by atoms with Crippen molar-refractivity contribution in [3.8, 4) is 0 Å². The van der Waals surface area contributed by atoms with Gasteiger partial charge in [0.25, 0.3) is 6.33 Å². The molecule has 29 heavy (non-hydrogen) atoms. The van der Waals surface area contributed by atoms with Crippen molar-refractivity contribution in [2.75, 3.05) is 14.1 Å². The number of imidazole rings is 1. The second kappa shape index (κ2) is 16.1. The van der Waals surface area contributed by atoms with E-state index in [-0.39, 0.29) is 12.4 Å². The van der Waals surface area contributed by atoms with Crippen LogP contribution in [0.25, 0.3) is 0 Å². The molecule has 1 rings (SSSR count). The highest BCUT2D eigenvalue weighted by Crippen LogP contribution is 2.23. The molecule has 0 unspecified atom stereocenters. The Morgan fingerprint density at radius 3 is 1.90 bits per heavy atom. The van der Waals surface area contributed by atoms with Gasteiger partial charge < -0.3 is 12.4 Å². The van der Waals surface area contributed by atoms with Crippen molar-refractivity contribution < 1.29 is 25.4 Å². The number of halogens is 1. The number of aryl methyl sites for hydroxylation is 1. The van der Waals surface area contributed by atoms with Crippen LogP contribution in [0.5, 0.6) is 0 Å². The zero-order valence-electron chi connectivity index (χ0n) is 19.2. The number of hydrogen-bond acceptors (Lipinski definition) is 2. The maximum Gasteiger partial charge on any atom is 0.379 e. The molecular weight excluding hydrogens is 406 g/mol. The summed E-state index contributed by atoms with van der Waals surface area (Å²) in [5.74, 6) is 0.928. The van der Waals surface area contributed by atoms with Crippen LogP contribution >= 0.6 is 0 Å². The lowest BCUT2D eigenvalue weighted by molar-refractivity contribution is -0.696. The van der Waals surface area contributed by atoms with Crippen molar-refractivity contribution in [1.29, 1.82) is 0 Å². The molecule has 0 aliphatic heterocycles. The van der Waals surface area contributed by atoms with Crippen LogP contribution in [-0.2, 0) is 16.8 Å². The Kier molecular flexibility index (Phi) is 15.8. The predicted molar refractivity (Wildman–Crippen MR) is 117 cm³/mol. The average Bonchev–Trinajstić information content (AvgIpc) is 3.14. The summed E-state index contributed by atoms with van der Waals surface area (Å²) >= 11 is 0. The summed E-state index contributed by atoms with van der Waals surface area (Å²) in [6.45, 7) is 5.45. The molecule has 0 radical (unpaired) electrons. The van der Waals surface area contributed by atoms with Gasteiger partial charge in [0.05, 0.1) is 6.54 Å². The number of aromatic nitrogens is 2. The van der Waals surface area contributed by atoms with Crippen molar-refractivity contribution >= 4 is 10.2 Å². The molecule has 0 N–H and O–H groups in total. The first-order valence-corrected chi connectivity index (χ1v) is 12.8. The van der Waals surface area contributed by atoms with E-state index >= 15 is 0 Å². The predicted octanol–water partition coefficient (Wildman–Crippen LogP) is 2.16. The minimum absolute atomic E-state index is 0. The highest BCUT2D eigenvalue weighted by Gasteiger charge is 2.22. The molecule has 0 spiro atoms. The zero-order chi connectivity index (χ0) is 20.8. The van der Waals surface area contributed by atoms with E-state index in [4.69, 9.17) is 0 Å². The van der Waals surface area contributed by atoms with Crippen LogP contribution in [0, 0.1) is 5.92 Å². The van der Waals surface area contributed by atoms with Gasteiger partial charge in [-0.05, 0) is 18.8 Å². The third kappa shape index (κ3) is 11.4. The van der Waals surface area contributed by atoms with Gasteiger partial charge in [-0.2, -0.15) is 12.7 Å². The second-order valence-corrected chi connectivity index (χ2v) is 10.4. The fraction of sp³-hybridized carbons (Fsp3) is 0.864. The Hall–Kier alpha value is -0.590. The summed E-state index contributed by atoms with van der Waals surface area (Å²) in [6.07, 6.45) is 22.5. The van der Waals surface area contributed by atoms with Gasteiger partial charge in [0, 0.05) is 14.1 Å². The SMILES string of the molecule is CCCCCC(CCCCC)CCCCCC[n+]1ccn(S(=O)(=O)N(C)C)c1.[Cl-]. The lowest BCUT2D eigenvalue weighted by Gasteiger charge is -2.16. The molecule has 0 aromatic carbocycles. The number of rotatable bonds is 17. The summed E-state index contributed by atoms with van der Waals surface area (Å²) in [5.41, 5.74) is 0. The minimum Gasteiger partial charge on any atom is -1.00 e. The molecule has 0 saturated heterocycles. The normalized spacial score (nSPS) is 11.9. The Balaban J connectivity index is 0.00000784. The van der Waals surface area contributed by atoms with Crippen molar-refractivity contribution in [2.45, 2.75) is 104 Å². The van der Waals surface area contributed by atoms with Gasteiger partial charge in [-0.3, -0.25) is 0 Å². The molecule has 0 bridgehead atoms. The topological polar surface area (TPSA) is 46.2 Å². The van der Waals surface area contributed by atoms with Crippen LogP contribution in [0.3, 0.4) is 0 Å². The Morgan fingerprint density at radius 2 is 1.38 bits per heavy atom. The van der Waals surface area contributed by atoms with E-state index in [1.54, 1.807) is 26.6 Å². The number of hydrogen-bond donors (Lipinski definition) is 0. The van der Waals surface area contributed by atoms with Crippen molar-refractivity contribution in [1.82, 2.24) is 8.28 Å². The van der Waals surface area contributed by atoms with E-state index in [0.29, 0.717) is 0 Å². The summed E-state index contributed by atoms with van der Waals surface area (Å²) in [4.78, 5) is 0. The number of unbranched alkanes of at least 4 members (excludes halogenated alkanes) is 7. The molecular formula is C22H44ClN3O2S. The maximum absolute atomic E-state index is 12.1. The molecule has 5 nitrogen and oxygen atoms in total. The Labute approximate surface area is 186 Å². The van der Waals surface area contributed by atoms with E-state index in [0.717, 1.165) is 18.9 Å². The molecule has 0 saturated carbocycles. The van der Waals surface area contributed by atoms with Gasteiger partial charge in [-0.25, -0.2) is 4.57 Å². The minimum atomic E-state index is -3.40. The van der Waals surface area contributed by atoms with Crippen LogP contribution in [0.15, 0.2) is 18.7 Å². The van der Waals surface area contributed by atoms with Gasteiger partial charge in [-0.15, -0.1) is 3.97 Å². The summed E-state index contributed by atoms with van der Waals surface area (Å²) in [6, 6.07) is 0. The Morgan fingerprint density at radius 1 is 0.862 bits per heavy atom. The van der Waals surface area contributed by atoms with Crippen LogP contribution < -0.4 is 17.0 Å². The smallest absolute Gasteiger partial charge is 0.379 e. The quantitative estimate of drug-likeness (QED) is 0.270. The van der Waals surface area contributed by atoms with Crippen LogP contribution in [0.1, 0.15) is 97.3 Å². The van der Waals surface area contributed by atoms with Gasteiger partial charge in [0.1, 0.15) is 12.4 Å². The molecule has 0 aliphatic rings. The first-order chi connectivity index (χ1) is 13.4. The third-order valence-corrected chi connectivity index (χ3v) is 7.28. The van der Waals surface area contributed by atoms with E-state index in [1.807, 2.05) is 10.8 Å². The van der Waals surface area contributed by atoms with Crippen LogP contribution in [-0.4, -0.2) is 30.8 Å². The van der Waals surface area contributed by atoms with Crippen molar-refractivity contribution in [3.05, 3.63) is 18.7 Å². The third-order valence-electron chi connectivity index (χ3n) is 5.61. The summed E-state index contributed by atoms with van der Waals surface area (Å²) in [7, 11) is -0.289. The van der Waals surface area contributed by atoms with Crippen LogP contribution in [0.2, 0.25) is 0 Å². The van der Waals surface area contributed by atoms with E-state index in [9.17, 15) is 8.42 Å². The molecule has 1 aromatic heterocycles. The molecule has 0 aliphatic carbocycles. The standard InChI is InChI=1S/C22H44N3O2S.ClH/c1-5-7-11-15-22(16-12-8-6-2)17-13-9-10-14-18-24-19-20-25(21-24)28(26,27)23(3)4;/h19-22H,5-18H2,1-4H3;1H/q+1;/p-1. The molecule has 172 valence electrons. The van der Waals surface area contributed by atoms with E-state index in [1.165, 1.54) is 85.3 Å². The lowest BCUT2D eigenvalue weighted by Crippen LogP contribution is -3.00. The fourth-order valence-corrected chi connectivity index (χ4v) is 4.54. The first-order valence-electron chi connectivity index (χ1n) is 11.4. The fourth-order valence-electron chi connectivity index (χ4n) is 3.71. The highest BCUT2D eigenvalue weighted by molar-refractivity contribution is 7.87.